The second-order valence-corrected chi connectivity index (χ2v) is 8.39. The third-order valence-corrected chi connectivity index (χ3v) is 5.65. The van der Waals surface area contributed by atoms with Crippen LogP contribution < -0.4 is 20.1 Å². The Labute approximate surface area is 207 Å². The molecule has 1 aromatic carbocycles. The standard InChI is InChI=1S/C23H34N4O4.HI/c28-22(27-10-1-2-11-27)16-25-23(24-9-3-12-29-17-18-5-6-18)26-19-7-8-20-21(15-19)31-14-4-13-30-20;/h7-8,15,18H,1-6,9-14,16-17H2,(H2,24,25,26);1H. The van der Waals surface area contributed by atoms with Crippen LogP contribution in [0.2, 0.25) is 0 Å². The van der Waals surface area contributed by atoms with E-state index in [9.17, 15) is 4.79 Å². The van der Waals surface area contributed by atoms with Crippen molar-refractivity contribution in [1.29, 1.82) is 0 Å². The van der Waals surface area contributed by atoms with Gasteiger partial charge in [-0.2, -0.15) is 0 Å². The molecular weight excluding hydrogens is 523 g/mol. The summed E-state index contributed by atoms with van der Waals surface area (Å²) in [5.41, 5.74) is 0.842. The van der Waals surface area contributed by atoms with Crippen LogP contribution in [0.4, 0.5) is 5.69 Å². The fourth-order valence-corrected chi connectivity index (χ4v) is 3.65. The van der Waals surface area contributed by atoms with Gasteiger partial charge in [0.1, 0.15) is 6.54 Å². The third-order valence-electron chi connectivity index (χ3n) is 5.65. The molecule has 0 bridgehead atoms. The number of benzene rings is 1. The van der Waals surface area contributed by atoms with Crippen molar-refractivity contribution >= 4 is 41.5 Å². The van der Waals surface area contributed by atoms with Crippen molar-refractivity contribution in [3.63, 3.8) is 0 Å². The number of carbonyl (C=O) groups excluding carboxylic acids is 1. The van der Waals surface area contributed by atoms with Gasteiger partial charge < -0.3 is 29.7 Å². The van der Waals surface area contributed by atoms with Crippen molar-refractivity contribution in [2.75, 3.05) is 57.9 Å². The quantitative estimate of drug-likeness (QED) is 0.210. The van der Waals surface area contributed by atoms with E-state index in [4.69, 9.17) is 14.2 Å². The predicted octanol–water partition coefficient (Wildman–Crippen LogP) is 3.26. The lowest BCUT2D eigenvalue weighted by Gasteiger charge is -2.16. The Morgan fingerprint density at radius 3 is 2.69 bits per heavy atom. The minimum absolute atomic E-state index is 0. The maximum absolute atomic E-state index is 12.4. The van der Waals surface area contributed by atoms with Crippen LogP contribution in [0.5, 0.6) is 11.5 Å². The molecule has 2 heterocycles. The van der Waals surface area contributed by atoms with Gasteiger partial charge in [0, 0.05) is 51.0 Å². The first-order chi connectivity index (χ1) is 15.3. The minimum atomic E-state index is 0. The maximum atomic E-state index is 12.4. The van der Waals surface area contributed by atoms with Crippen LogP contribution in [0.15, 0.2) is 23.2 Å². The van der Waals surface area contributed by atoms with Gasteiger partial charge in [-0.25, -0.2) is 4.99 Å². The van der Waals surface area contributed by atoms with Crippen molar-refractivity contribution in [2.45, 2.75) is 38.5 Å². The lowest BCUT2D eigenvalue weighted by Crippen LogP contribution is -2.35. The lowest BCUT2D eigenvalue weighted by molar-refractivity contribution is -0.128. The Hall–Kier alpha value is -1.75. The minimum Gasteiger partial charge on any atom is -0.490 e. The zero-order valence-electron chi connectivity index (χ0n) is 18.6. The van der Waals surface area contributed by atoms with Gasteiger partial charge in [0.25, 0.3) is 0 Å². The predicted molar refractivity (Wildman–Crippen MR) is 135 cm³/mol. The average molecular weight is 558 g/mol. The van der Waals surface area contributed by atoms with E-state index in [1.807, 2.05) is 23.1 Å². The number of aliphatic imine (C=N–C) groups is 1. The second kappa shape index (κ2) is 13.1. The van der Waals surface area contributed by atoms with E-state index in [0.29, 0.717) is 19.2 Å². The summed E-state index contributed by atoms with van der Waals surface area (Å²) >= 11 is 0. The largest absolute Gasteiger partial charge is 0.490 e. The number of amides is 1. The summed E-state index contributed by atoms with van der Waals surface area (Å²) in [7, 11) is 0. The molecule has 3 aliphatic rings. The molecule has 0 aromatic heterocycles. The maximum Gasteiger partial charge on any atom is 0.244 e. The number of halogens is 1. The van der Waals surface area contributed by atoms with Crippen molar-refractivity contribution < 1.29 is 19.0 Å². The van der Waals surface area contributed by atoms with Crippen molar-refractivity contribution in [3.8, 4) is 11.5 Å². The van der Waals surface area contributed by atoms with Gasteiger partial charge in [0.05, 0.1) is 13.2 Å². The first-order valence-corrected chi connectivity index (χ1v) is 11.6. The van der Waals surface area contributed by atoms with E-state index < -0.39 is 0 Å². The number of nitrogens with one attached hydrogen (secondary N) is 2. The van der Waals surface area contributed by atoms with E-state index in [-0.39, 0.29) is 36.4 Å². The molecular formula is C23H35IN4O4. The number of rotatable bonds is 9. The molecule has 0 radical (unpaired) electrons. The fourth-order valence-electron chi connectivity index (χ4n) is 3.65. The Kier molecular flexibility index (Phi) is 10.2. The Bertz CT molecular complexity index is 766. The van der Waals surface area contributed by atoms with Crippen LogP contribution in [0.1, 0.15) is 38.5 Å². The first-order valence-electron chi connectivity index (χ1n) is 11.6. The molecule has 0 spiro atoms. The summed E-state index contributed by atoms with van der Waals surface area (Å²) < 4.78 is 17.2. The van der Waals surface area contributed by atoms with Crippen LogP contribution in [-0.2, 0) is 9.53 Å². The van der Waals surface area contributed by atoms with Gasteiger partial charge >= 0.3 is 0 Å². The molecule has 2 aliphatic heterocycles. The second-order valence-electron chi connectivity index (χ2n) is 8.39. The highest BCUT2D eigenvalue weighted by atomic mass is 127. The number of anilines is 1. The zero-order chi connectivity index (χ0) is 21.3. The number of hydrogen-bond donors (Lipinski definition) is 2. The van der Waals surface area contributed by atoms with Crippen LogP contribution in [0.25, 0.3) is 0 Å². The molecule has 1 amide bonds. The summed E-state index contributed by atoms with van der Waals surface area (Å²) in [6.45, 7) is 5.44. The molecule has 1 saturated carbocycles. The van der Waals surface area contributed by atoms with Crippen molar-refractivity contribution in [1.82, 2.24) is 10.2 Å². The highest BCUT2D eigenvalue weighted by Gasteiger charge is 2.21. The molecule has 1 aliphatic carbocycles. The van der Waals surface area contributed by atoms with E-state index in [1.54, 1.807) is 0 Å². The Morgan fingerprint density at radius 2 is 1.91 bits per heavy atom. The molecule has 1 saturated heterocycles. The van der Waals surface area contributed by atoms with Crippen molar-refractivity contribution in [3.05, 3.63) is 18.2 Å². The van der Waals surface area contributed by atoms with Crippen LogP contribution >= 0.6 is 24.0 Å². The molecule has 0 atom stereocenters. The van der Waals surface area contributed by atoms with Gasteiger partial charge in [-0.3, -0.25) is 4.79 Å². The molecule has 2 fully saturated rings. The molecule has 32 heavy (non-hydrogen) atoms. The Morgan fingerprint density at radius 1 is 1.12 bits per heavy atom. The molecule has 178 valence electrons. The number of ether oxygens (including phenoxy) is 3. The number of likely N-dealkylation sites (tertiary alicyclic amines) is 1. The van der Waals surface area contributed by atoms with Crippen molar-refractivity contribution in [2.24, 2.45) is 10.9 Å². The topological polar surface area (TPSA) is 84.4 Å². The average Bonchev–Trinajstić information content (AvgIpc) is 3.50. The van der Waals surface area contributed by atoms with Gasteiger partial charge in [0.2, 0.25) is 5.91 Å². The van der Waals surface area contributed by atoms with E-state index in [2.05, 4.69) is 15.6 Å². The summed E-state index contributed by atoms with van der Waals surface area (Å²) in [4.78, 5) is 18.9. The highest BCUT2D eigenvalue weighted by Crippen LogP contribution is 2.32. The highest BCUT2D eigenvalue weighted by molar-refractivity contribution is 14.0. The molecule has 0 unspecified atom stereocenters. The normalized spacial score (nSPS) is 18.0. The molecule has 2 N–H and O–H groups in total. The summed E-state index contributed by atoms with van der Waals surface area (Å²) in [5.74, 6) is 2.92. The number of nitrogens with zero attached hydrogens (tertiary/aromatic N) is 2. The SMILES string of the molecule is I.O=C(CN=C(NCCCOCC1CC1)Nc1ccc2c(c1)OCCCO2)N1CCCC1. The number of hydrogen-bond acceptors (Lipinski definition) is 5. The number of fused-ring (bicyclic) bond motifs is 1. The van der Waals surface area contributed by atoms with Gasteiger partial charge in [-0.05, 0) is 50.2 Å². The third kappa shape index (κ3) is 7.99. The van der Waals surface area contributed by atoms with Gasteiger partial charge in [-0.15, -0.1) is 24.0 Å². The number of guanidine groups is 1. The van der Waals surface area contributed by atoms with Crippen LogP contribution in [0.3, 0.4) is 0 Å². The fraction of sp³-hybridized carbons (Fsp3) is 0.652. The number of carbonyl (C=O) groups is 1. The molecule has 4 rings (SSSR count). The van der Waals surface area contributed by atoms with E-state index in [1.165, 1.54) is 12.8 Å². The monoisotopic (exact) mass is 558 g/mol. The first kappa shape index (κ1) is 24.9. The van der Waals surface area contributed by atoms with E-state index in [0.717, 1.165) is 81.6 Å². The molecule has 1 aromatic rings. The lowest BCUT2D eigenvalue weighted by atomic mass is 10.2. The summed E-state index contributed by atoms with van der Waals surface area (Å²) in [6.07, 6.45) is 6.52. The Balaban J connectivity index is 0.00000289. The van der Waals surface area contributed by atoms with Crippen LogP contribution in [-0.4, -0.2) is 69.4 Å². The summed E-state index contributed by atoms with van der Waals surface area (Å²) in [5, 5.41) is 6.63. The summed E-state index contributed by atoms with van der Waals surface area (Å²) in [6, 6.07) is 5.76. The van der Waals surface area contributed by atoms with Crippen LogP contribution in [0, 0.1) is 5.92 Å². The molecule has 9 heteroatoms. The smallest absolute Gasteiger partial charge is 0.244 e. The zero-order valence-corrected chi connectivity index (χ0v) is 21.0. The van der Waals surface area contributed by atoms with Gasteiger partial charge in [0.15, 0.2) is 17.5 Å². The molecule has 8 nitrogen and oxygen atoms in total. The van der Waals surface area contributed by atoms with E-state index >= 15 is 0 Å². The van der Waals surface area contributed by atoms with Gasteiger partial charge in [-0.1, -0.05) is 0 Å².